The van der Waals surface area contributed by atoms with Crippen LogP contribution < -0.4 is 10.1 Å². The summed E-state index contributed by atoms with van der Waals surface area (Å²) in [5.41, 5.74) is 0.886. The molecule has 0 heterocycles. The molecule has 0 aliphatic carbocycles. The quantitative estimate of drug-likeness (QED) is 0.738. The summed E-state index contributed by atoms with van der Waals surface area (Å²) in [5, 5.41) is 12.5. The van der Waals surface area contributed by atoms with Gasteiger partial charge in [0.05, 0.1) is 24.3 Å². The van der Waals surface area contributed by atoms with Gasteiger partial charge in [-0.3, -0.25) is 0 Å². The lowest BCUT2D eigenvalue weighted by molar-refractivity contribution is 0.211. The van der Waals surface area contributed by atoms with E-state index < -0.39 is 6.10 Å². The molecular formula is C13H20ClNO2. The van der Waals surface area contributed by atoms with Gasteiger partial charge in [-0.05, 0) is 18.1 Å². The summed E-state index contributed by atoms with van der Waals surface area (Å²) in [7, 11) is 0. The average Bonchev–Trinajstić information content (AvgIpc) is 2.34. The van der Waals surface area contributed by atoms with Gasteiger partial charge in [0.2, 0.25) is 0 Å². The lowest BCUT2D eigenvalue weighted by atomic mass is 10.2. The Labute approximate surface area is 108 Å². The van der Waals surface area contributed by atoms with Crippen molar-refractivity contribution < 1.29 is 9.84 Å². The second-order valence-electron chi connectivity index (χ2n) is 4.39. The van der Waals surface area contributed by atoms with E-state index in [1.165, 1.54) is 0 Å². The van der Waals surface area contributed by atoms with Gasteiger partial charge in [0.15, 0.2) is 0 Å². The smallest absolute Gasteiger partial charge is 0.142 e. The molecule has 0 bridgehead atoms. The zero-order valence-corrected chi connectivity index (χ0v) is 11.1. The fourth-order valence-electron chi connectivity index (χ4n) is 1.28. The second-order valence-corrected chi connectivity index (χ2v) is 4.70. The van der Waals surface area contributed by atoms with E-state index in [2.05, 4.69) is 19.2 Å². The van der Waals surface area contributed by atoms with Gasteiger partial charge in [-0.1, -0.05) is 26.0 Å². The molecule has 1 aromatic rings. The maximum atomic E-state index is 9.39. The molecule has 1 atom stereocenters. The van der Waals surface area contributed by atoms with Gasteiger partial charge in [0, 0.05) is 6.54 Å². The molecule has 0 aromatic heterocycles. The first-order chi connectivity index (χ1) is 8.13. The number of para-hydroxylation sites is 2. The summed E-state index contributed by atoms with van der Waals surface area (Å²) >= 11 is 5.54. The molecule has 3 nitrogen and oxygen atoms in total. The molecule has 0 fully saturated rings. The number of aliphatic hydroxyl groups excluding tert-OH is 1. The highest BCUT2D eigenvalue weighted by Crippen LogP contribution is 2.24. The summed E-state index contributed by atoms with van der Waals surface area (Å²) < 4.78 is 5.69. The molecule has 4 heteroatoms. The number of ether oxygens (including phenoxy) is 1. The van der Waals surface area contributed by atoms with Gasteiger partial charge < -0.3 is 15.2 Å². The van der Waals surface area contributed by atoms with Gasteiger partial charge in [-0.15, -0.1) is 11.6 Å². The summed E-state index contributed by atoms with van der Waals surface area (Å²) in [6, 6.07) is 7.70. The molecule has 1 rings (SSSR count). The van der Waals surface area contributed by atoms with E-state index in [4.69, 9.17) is 16.3 Å². The molecule has 0 aliphatic rings. The zero-order chi connectivity index (χ0) is 12.7. The van der Waals surface area contributed by atoms with Crippen molar-refractivity contribution in [3.63, 3.8) is 0 Å². The van der Waals surface area contributed by atoms with Crippen molar-refractivity contribution >= 4 is 17.3 Å². The van der Waals surface area contributed by atoms with E-state index in [0.29, 0.717) is 19.1 Å². The van der Waals surface area contributed by atoms with Crippen LogP contribution in [0.15, 0.2) is 24.3 Å². The molecule has 1 unspecified atom stereocenters. The molecule has 0 saturated heterocycles. The predicted molar refractivity (Wildman–Crippen MR) is 72.0 cm³/mol. The van der Waals surface area contributed by atoms with Crippen LogP contribution >= 0.6 is 11.6 Å². The minimum absolute atomic E-state index is 0.224. The van der Waals surface area contributed by atoms with E-state index in [1.807, 2.05) is 24.3 Å². The lowest BCUT2D eigenvalue weighted by Crippen LogP contribution is -2.21. The van der Waals surface area contributed by atoms with E-state index in [-0.39, 0.29) is 5.88 Å². The number of anilines is 1. The van der Waals surface area contributed by atoms with Gasteiger partial charge >= 0.3 is 0 Å². The van der Waals surface area contributed by atoms with Gasteiger partial charge in [-0.2, -0.15) is 0 Å². The number of benzene rings is 1. The van der Waals surface area contributed by atoms with Crippen molar-refractivity contribution in [1.82, 2.24) is 0 Å². The molecular weight excluding hydrogens is 238 g/mol. The van der Waals surface area contributed by atoms with E-state index >= 15 is 0 Å². The third-order valence-electron chi connectivity index (χ3n) is 2.17. The third kappa shape index (κ3) is 5.29. The van der Waals surface area contributed by atoms with Crippen molar-refractivity contribution in [2.75, 3.05) is 24.3 Å². The Morgan fingerprint density at radius 1 is 1.35 bits per heavy atom. The Hall–Kier alpha value is -0.930. The zero-order valence-electron chi connectivity index (χ0n) is 10.3. The first-order valence-corrected chi connectivity index (χ1v) is 6.36. The summed E-state index contributed by atoms with van der Waals surface area (Å²) in [4.78, 5) is 0. The molecule has 0 saturated carbocycles. The highest BCUT2D eigenvalue weighted by molar-refractivity contribution is 6.18. The second kappa shape index (κ2) is 7.41. The van der Waals surface area contributed by atoms with Gasteiger partial charge in [-0.25, -0.2) is 0 Å². The van der Waals surface area contributed by atoms with Crippen molar-refractivity contribution in [2.45, 2.75) is 20.0 Å². The Bertz CT molecular complexity index is 331. The Kier molecular flexibility index (Phi) is 6.16. The standard InChI is InChI=1S/C13H20ClNO2/c1-10(2)9-17-13-6-4-3-5-12(13)15-8-11(16)7-14/h3-6,10-11,15-16H,7-9H2,1-2H3. The predicted octanol–water partition coefficient (Wildman–Crippen LogP) is 2.73. The molecule has 17 heavy (non-hydrogen) atoms. The van der Waals surface area contributed by atoms with Gasteiger partial charge in [0.1, 0.15) is 5.75 Å². The van der Waals surface area contributed by atoms with E-state index in [0.717, 1.165) is 11.4 Å². The Morgan fingerprint density at radius 2 is 2.06 bits per heavy atom. The number of hydrogen-bond acceptors (Lipinski definition) is 3. The van der Waals surface area contributed by atoms with Gasteiger partial charge in [0.25, 0.3) is 0 Å². The SMILES string of the molecule is CC(C)COc1ccccc1NCC(O)CCl. The van der Waals surface area contributed by atoms with Crippen LogP contribution in [-0.4, -0.2) is 30.2 Å². The fourth-order valence-corrected chi connectivity index (χ4v) is 1.39. The van der Waals surface area contributed by atoms with Crippen LogP contribution in [0.3, 0.4) is 0 Å². The summed E-state index contributed by atoms with van der Waals surface area (Å²) in [6.07, 6.45) is -0.546. The van der Waals surface area contributed by atoms with Crippen molar-refractivity contribution in [3.8, 4) is 5.75 Å². The third-order valence-corrected chi connectivity index (χ3v) is 2.52. The van der Waals surface area contributed by atoms with Crippen molar-refractivity contribution in [2.24, 2.45) is 5.92 Å². The molecule has 2 N–H and O–H groups in total. The van der Waals surface area contributed by atoms with Crippen LogP contribution in [0, 0.1) is 5.92 Å². The van der Waals surface area contributed by atoms with Crippen LogP contribution in [0.4, 0.5) is 5.69 Å². The maximum Gasteiger partial charge on any atom is 0.142 e. The number of rotatable bonds is 7. The van der Waals surface area contributed by atoms with Crippen LogP contribution in [0.25, 0.3) is 0 Å². The Balaban J connectivity index is 2.57. The average molecular weight is 258 g/mol. The molecule has 1 aromatic carbocycles. The topological polar surface area (TPSA) is 41.5 Å². The first-order valence-electron chi connectivity index (χ1n) is 5.83. The minimum Gasteiger partial charge on any atom is -0.491 e. The summed E-state index contributed by atoms with van der Waals surface area (Å²) in [5.74, 6) is 1.52. The molecule has 96 valence electrons. The number of alkyl halides is 1. The molecule has 0 amide bonds. The highest BCUT2D eigenvalue weighted by Gasteiger charge is 2.06. The van der Waals surface area contributed by atoms with Crippen LogP contribution in [-0.2, 0) is 0 Å². The van der Waals surface area contributed by atoms with Crippen molar-refractivity contribution in [3.05, 3.63) is 24.3 Å². The number of aliphatic hydroxyl groups is 1. The van der Waals surface area contributed by atoms with Crippen LogP contribution in [0.5, 0.6) is 5.75 Å². The number of hydrogen-bond donors (Lipinski definition) is 2. The van der Waals surface area contributed by atoms with Crippen LogP contribution in [0.1, 0.15) is 13.8 Å². The Morgan fingerprint density at radius 3 is 2.71 bits per heavy atom. The van der Waals surface area contributed by atoms with Crippen molar-refractivity contribution in [1.29, 1.82) is 0 Å². The first kappa shape index (κ1) is 14.1. The van der Waals surface area contributed by atoms with Crippen LogP contribution in [0.2, 0.25) is 0 Å². The van der Waals surface area contributed by atoms with E-state index in [9.17, 15) is 5.11 Å². The molecule has 0 spiro atoms. The number of halogens is 1. The largest absolute Gasteiger partial charge is 0.491 e. The number of nitrogens with one attached hydrogen (secondary N) is 1. The molecule has 0 aliphatic heterocycles. The van der Waals surface area contributed by atoms with E-state index in [1.54, 1.807) is 0 Å². The monoisotopic (exact) mass is 257 g/mol. The normalized spacial score (nSPS) is 12.5. The molecule has 0 radical (unpaired) electrons. The highest BCUT2D eigenvalue weighted by atomic mass is 35.5. The lowest BCUT2D eigenvalue weighted by Gasteiger charge is -2.15. The minimum atomic E-state index is -0.546. The fraction of sp³-hybridized carbons (Fsp3) is 0.538. The maximum absolute atomic E-state index is 9.39. The summed E-state index contributed by atoms with van der Waals surface area (Å²) in [6.45, 7) is 5.31.